The predicted octanol–water partition coefficient (Wildman–Crippen LogP) is 2.26. The van der Waals surface area contributed by atoms with Crippen molar-refractivity contribution in [3.8, 4) is 0 Å². The molecule has 1 aliphatic rings. The summed E-state index contributed by atoms with van der Waals surface area (Å²) in [6.45, 7) is 2.65. The van der Waals surface area contributed by atoms with E-state index in [1.54, 1.807) is 6.20 Å². The number of hydrogen-bond acceptors (Lipinski definition) is 2. The van der Waals surface area contributed by atoms with Crippen molar-refractivity contribution in [1.82, 2.24) is 14.9 Å². The fourth-order valence-corrected chi connectivity index (χ4v) is 2.98. The lowest BCUT2D eigenvalue weighted by Gasteiger charge is -2.25. The van der Waals surface area contributed by atoms with Crippen LogP contribution >= 0.6 is 0 Å². The van der Waals surface area contributed by atoms with Crippen molar-refractivity contribution in [2.45, 2.75) is 45.2 Å². The van der Waals surface area contributed by atoms with E-state index in [4.69, 9.17) is 0 Å². The van der Waals surface area contributed by atoms with Gasteiger partial charge in [0.15, 0.2) is 0 Å². The molecular weight excluding hydrogens is 262 g/mol. The summed E-state index contributed by atoms with van der Waals surface area (Å²) in [5, 5.41) is 3.17. The number of carbonyl (C=O) groups excluding carboxylic acids is 1. The molecule has 1 N–H and O–H groups in total. The van der Waals surface area contributed by atoms with E-state index in [9.17, 15) is 4.79 Å². The fourth-order valence-electron chi connectivity index (χ4n) is 2.98. The van der Waals surface area contributed by atoms with Gasteiger partial charge in [-0.25, -0.2) is 4.98 Å². The highest BCUT2D eigenvalue weighted by Gasteiger charge is 2.19. The minimum absolute atomic E-state index is 0.132. The molecule has 2 aromatic rings. The first-order chi connectivity index (χ1) is 10.2. The minimum atomic E-state index is 0.132. The quantitative estimate of drug-likeness (QED) is 0.935. The molecule has 1 aromatic carbocycles. The third kappa shape index (κ3) is 3.32. The number of fused-ring (bicyclic) bond motifs is 1. The Morgan fingerprint density at radius 2 is 2.19 bits per heavy atom. The molecule has 1 amide bonds. The van der Waals surface area contributed by atoms with E-state index in [-0.39, 0.29) is 11.9 Å². The van der Waals surface area contributed by atoms with Gasteiger partial charge in [0, 0.05) is 31.4 Å². The van der Waals surface area contributed by atoms with Crippen LogP contribution in [0.15, 0.2) is 36.7 Å². The number of amides is 1. The highest BCUT2D eigenvalue weighted by Crippen LogP contribution is 2.21. The number of aryl methyl sites for hydroxylation is 3. The summed E-state index contributed by atoms with van der Waals surface area (Å²) in [5.74, 6) is 1.09. The summed E-state index contributed by atoms with van der Waals surface area (Å²) >= 11 is 0. The minimum Gasteiger partial charge on any atom is -0.353 e. The number of imidazole rings is 1. The van der Waals surface area contributed by atoms with E-state index >= 15 is 0 Å². The van der Waals surface area contributed by atoms with Gasteiger partial charge in [-0.1, -0.05) is 24.3 Å². The first-order valence-corrected chi connectivity index (χ1v) is 7.56. The molecule has 0 bridgehead atoms. The van der Waals surface area contributed by atoms with Crippen molar-refractivity contribution in [1.29, 1.82) is 0 Å². The summed E-state index contributed by atoms with van der Waals surface area (Å²) in [4.78, 5) is 16.3. The van der Waals surface area contributed by atoms with Crippen molar-refractivity contribution < 1.29 is 4.79 Å². The molecule has 3 rings (SSSR count). The van der Waals surface area contributed by atoms with Crippen molar-refractivity contribution in [2.75, 3.05) is 0 Å². The fraction of sp³-hybridized carbons (Fsp3) is 0.412. The van der Waals surface area contributed by atoms with E-state index in [2.05, 4.69) is 34.6 Å². The molecule has 0 radical (unpaired) electrons. The number of carbonyl (C=O) groups is 1. The van der Waals surface area contributed by atoms with Gasteiger partial charge in [-0.15, -0.1) is 0 Å². The summed E-state index contributed by atoms with van der Waals surface area (Å²) < 4.78 is 2.01. The predicted molar refractivity (Wildman–Crippen MR) is 82.0 cm³/mol. The number of nitrogens with one attached hydrogen (secondary N) is 1. The smallest absolute Gasteiger partial charge is 0.222 e. The molecule has 1 aliphatic carbocycles. The zero-order valence-electron chi connectivity index (χ0n) is 12.4. The monoisotopic (exact) mass is 283 g/mol. The van der Waals surface area contributed by atoms with Gasteiger partial charge in [-0.2, -0.15) is 0 Å². The SMILES string of the molecule is Cc1nccn1CCC(=O)N[C@H]1CCc2ccccc2C1. The zero-order chi connectivity index (χ0) is 14.7. The van der Waals surface area contributed by atoms with Gasteiger partial charge >= 0.3 is 0 Å². The Hall–Kier alpha value is -2.10. The first kappa shape index (κ1) is 13.9. The van der Waals surface area contributed by atoms with Gasteiger partial charge in [0.25, 0.3) is 0 Å². The first-order valence-electron chi connectivity index (χ1n) is 7.56. The molecule has 1 heterocycles. The molecule has 21 heavy (non-hydrogen) atoms. The Kier molecular flexibility index (Phi) is 4.04. The average molecular weight is 283 g/mol. The standard InChI is InChI=1S/C17H21N3O/c1-13-18-9-11-20(13)10-8-17(21)19-16-7-6-14-4-2-3-5-15(14)12-16/h2-5,9,11,16H,6-8,10,12H2,1H3,(H,19,21)/t16-/m0/s1. The summed E-state index contributed by atoms with van der Waals surface area (Å²) in [6, 6.07) is 8.80. The van der Waals surface area contributed by atoms with Crippen LogP contribution in [-0.2, 0) is 24.2 Å². The number of aromatic nitrogens is 2. The molecule has 0 saturated carbocycles. The summed E-state index contributed by atoms with van der Waals surface area (Å²) in [7, 11) is 0. The van der Waals surface area contributed by atoms with Crippen LogP contribution < -0.4 is 5.32 Å². The highest BCUT2D eigenvalue weighted by molar-refractivity contribution is 5.76. The molecule has 1 aromatic heterocycles. The van der Waals surface area contributed by atoms with Crippen LogP contribution in [0.5, 0.6) is 0 Å². The van der Waals surface area contributed by atoms with Gasteiger partial charge in [0.2, 0.25) is 5.91 Å². The van der Waals surface area contributed by atoms with E-state index in [1.807, 2.05) is 17.7 Å². The molecule has 0 fully saturated rings. The van der Waals surface area contributed by atoms with Gasteiger partial charge in [0.05, 0.1) is 0 Å². The van der Waals surface area contributed by atoms with Crippen LogP contribution in [0.25, 0.3) is 0 Å². The normalized spacial score (nSPS) is 17.3. The van der Waals surface area contributed by atoms with Crippen molar-refractivity contribution in [3.63, 3.8) is 0 Å². The number of hydrogen-bond donors (Lipinski definition) is 1. The van der Waals surface area contributed by atoms with Gasteiger partial charge < -0.3 is 9.88 Å². The molecule has 4 nitrogen and oxygen atoms in total. The average Bonchev–Trinajstić information content (AvgIpc) is 2.90. The molecule has 0 unspecified atom stereocenters. The van der Waals surface area contributed by atoms with Gasteiger partial charge in [-0.3, -0.25) is 4.79 Å². The van der Waals surface area contributed by atoms with Crippen molar-refractivity contribution >= 4 is 5.91 Å². The third-order valence-corrected chi connectivity index (χ3v) is 4.22. The van der Waals surface area contributed by atoms with Crippen LogP contribution in [0.4, 0.5) is 0 Å². The van der Waals surface area contributed by atoms with Crippen molar-refractivity contribution in [2.24, 2.45) is 0 Å². The molecule has 4 heteroatoms. The number of benzene rings is 1. The van der Waals surface area contributed by atoms with Crippen LogP contribution in [0.3, 0.4) is 0 Å². The second-order valence-corrected chi connectivity index (χ2v) is 5.69. The van der Waals surface area contributed by atoms with Crippen LogP contribution in [0, 0.1) is 6.92 Å². The lowest BCUT2D eigenvalue weighted by molar-refractivity contribution is -0.122. The topological polar surface area (TPSA) is 46.9 Å². The van der Waals surface area contributed by atoms with Crippen LogP contribution in [0.2, 0.25) is 0 Å². The Bertz CT molecular complexity index is 632. The van der Waals surface area contributed by atoms with Crippen molar-refractivity contribution in [3.05, 3.63) is 53.6 Å². The maximum atomic E-state index is 12.1. The van der Waals surface area contributed by atoms with Gasteiger partial charge in [0.1, 0.15) is 5.82 Å². The lowest BCUT2D eigenvalue weighted by atomic mass is 9.88. The lowest BCUT2D eigenvalue weighted by Crippen LogP contribution is -2.39. The van der Waals surface area contributed by atoms with E-state index < -0.39 is 0 Å². The molecule has 0 spiro atoms. The second-order valence-electron chi connectivity index (χ2n) is 5.69. The molecule has 0 saturated heterocycles. The zero-order valence-corrected chi connectivity index (χ0v) is 12.4. The third-order valence-electron chi connectivity index (χ3n) is 4.22. The van der Waals surface area contributed by atoms with E-state index in [0.29, 0.717) is 13.0 Å². The highest BCUT2D eigenvalue weighted by atomic mass is 16.1. The largest absolute Gasteiger partial charge is 0.353 e. The molecular formula is C17H21N3O. The Labute approximate surface area is 125 Å². The summed E-state index contributed by atoms with van der Waals surface area (Å²) in [6.07, 6.45) is 7.24. The molecule has 110 valence electrons. The van der Waals surface area contributed by atoms with Gasteiger partial charge in [-0.05, 0) is 37.3 Å². The number of nitrogens with zero attached hydrogens (tertiary/aromatic N) is 2. The van der Waals surface area contributed by atoms with E-state index in [1.165, 1.54) is 11.1 Å². The maximum absolute atomic E-state index is 12.1. The molecule has 0 aliphatic heterocycles. The Balaban J connectivity index is 1.51. The summed E-state index contributed by atoms with van der Waals surface area (Å²) in [5.41, 5.74) is 2.80. The molecule has 1 atom stereocenters. The maximum Gasteiger partial charge on any atom is 0.222 e. The van der Waals surface area contributed by atoms with Crippen LogP contribution in [-0.4, -0.2) is 21.5 Å². The Morgan fingerprint density at radius 1 is 1.38 bits per heavy atom. The second kappa shape index (κ2) is 6.12. The van der Waals surface area contributed by atoms with Crippen LogP contribution in [0.1, 0.15) is 29.8 Å². The number of rotatable bonds is 4. The van der Waals surface area contributed by atoms with E-state index in [0.717, 1.165) is 25.1 Å². The Morgan fingerprint density at radius 3 is 2.95 bits per heavy atom.